The molecule has 0 spiro atoms. The van der Waals surface area contributed by atoms with Crippen LogP contribution in [0.15, 0.2) is 24.4 Å². The van der Waals surface area contributed by atoms with Crippen molar-refractivity contribution in [1.82, 2.24) is 15.2 Å². The van der Waals surface area contributed by atoms with Gasteiger partial charge in [0.15, 0.2) is 5.82 Å². The molecule has 5 heteroatoms. The second-order valence-electron chi connectivity index (χ2n) is 3.08. The first-order chi connectivity index (χ1) is 7.15. The lowest BCUT2D eigenvalue weighted by molar-refractivity contribution is 0.950. The Bertz CT molecular complexity index is 480. The molecule has 0 fully saturated rings. The number of aromatic nitrogens is 3. The molecule has 2 aromatic rings. The van der Waals surface area contributed by atoms with E-state index in [-0.39, 0.29) is 0 Å². The van der Waals surface area contributed by atoms with E-state index in [1.54, 1.807) is 24.4 Å². The van der Waals surface area contributed by atoms with Crippen molar-refractivity contribution in [3.63, 3.8) is 0 Å². The minimum absolute atomic E-state index is 0.527. The lowest BCUT2D eigenvalue weighted by atomic mass is 10.2. The highest BCUT2D eigenvalue weighted by molar-refractivity contribution is 6.35. The molecule has 0 bridgehead atoms. The average Bonchev–Trinajstić information content (AvgIpc) is 2.16. The van der Waals surface area contributed by atoms with Crippen molar-refractivity contribution >= 4 is 23.2 Å². The number of hydrogen-bond donors (Lipinski definition) is 0. The molecule has 0 amide bonds. The van der Waals surface area contributed by atoms with Gasteiger partial charge in [0.05, 0.1) is 11.9 Å². The molecular formula is C10H7Cl2N3. The molecule has 76 valence electrons. The van der Waals surface area contributed by atoms with Crippen LogP contribution < -0.4 is 0 Å². The summed E-state index contributed by atoms with van der Waals surface area (Å²) >= 11 is 11.8. The Kier molecular flexibility index (Phi) is 2.84. The highest BCUT2D eigenvalue weighted by Crippen LogP contribution is 2.24. The fraction of sp³-hybridized carbons (Fsp3) is 0.100. The quantitative estimate of drug-likeness (QED) is 0.768. The van der Waals surface area contributed by atoms with E-state index in [1.165, 1.54) is 0 Å². The Balaban J connectivity index is 2.54. The highest BCUT2D eigenvalue weighted by Gasteiger charge is 2.04. The third-order valence-electron chi connectivity index (χ3n) is 1.80. The fourth-order valence-corrected chi connectivity index (χ4v) is 1.72. The minimum atomic E-state index is 0.527. The van der Waals surface area contributed by atoms with E-state index in [9.17, 15) is 0 Å². The summed E-state index contributed by atoms with van der Waals surface area (Å²) in [6.07, 6.45) is 1.59. The van der Waals surface area contributed by atoms with Gasteiger partial charge in [-0.05, 0) is 25.1 Å². The summed E-state index contributed by atoms with van der Waals surface area (Å²) in [4.78, 5) is 4.23. The highest BCUT2D eigenvalue weighted by atomic mass is 35.5. The van der Waals surface area contributed by atoms with Crippen LogP contribution in [0.2, 0.25) is 10.0 Å². The van der Waals surface area contributed by atoms with Gasteiger partial charge in [0, 0.05) is 15.6 Å². The zero-order chi connectivity index (χ0) is 10.8. The predicted octanol–water partition coefficient (Wildman–Crippen LogP) is 3.15. The van der Waals surface area contributed by atoms with Gasteiger partial charge in [-0.25, -0.2) is 4.98 Å². The Morgan fingerprint density at radius 1 is 1.07 bits per heavy atom. The SMILES string of the molecule is Cc1cnnc(-c2cc(Cl)cc(Cl)c2)n1. The number of halogens is 2. The molecule has 0 atom stereocenters. The van der Waals surface area contributed by atoms with Crippen molar-refractivity contribution < 1.29 is 0 Å². The maximum atomic E-state index is 5.88. The van der Waals surface area contributed by atoms with E-state index in [0.29, 0.717) is 15.9 Å². The van der Waals surface area contributed by atoms with Gasteiger partial charge in [-0.3, -0.25) is 0 Å². The second-order valence-corrected chi connectivity index (χ2v) is 3.95. The van der Waals surface area contributed by atoms with Crippen LogP contribution in [0.1, 0.15) is 5.69 Å². The molecule has 0 saturated carbocycles. The van der Waals surface area contributed by atoms with Crippen LogP contribution in [0.25, 0.3) is 11.4 Å². The minimum Gasteiger partial charge on any atom is -0.230 e. The third kappa shape index (κ3) is 2.43. The molecule has 0 aliphatic rings. The number of aryl methyl sites for hydroxylation is 1. The summed E-state index contributed by atoms with van der Waals surface area (Å²) < 4.78 is 0. The average molecular weight is 240 g/mol. The van der Waals surface area contributed by atoms with Gasteiger partial charge >= 0.3 is 0 Å². The van der Waals surface area contributed by atoms with E-state index < -0.39 is 0 Å². The van der Waals surface area contributed by atoms with Crippen LogP contribution in [0.3, 0.4) is 0 Å². The Hall–Kier alpha value is -1.19. The van der Waals surface area contributed by atoms with Crippen molar-refractivity contribution in [2.75, 3.05) is 0 Å². The number of benzene rings is 1. The van der Waals surface area contributed by atoms with Crippen LogP contribution in [0.4, 0.5) is 0 Å². The topological polar surface area (TPSA) is 38.7 Å². The standard InChI is InChI=1S/C10H7Cl2N3/c1-6-5-13-15-10(14-6)7-2-8(11)4-9(12)3-7/h2-5H,1H3. The fourth-order valence-electron chi connectivity index (χ4n) is 1.19. The lowest BCUT2D eigenvalue weighted by Crippen LogP contribution is -1.93. The molecule has 0 aliphatic carbocycles. The molecular weight excluding hydrogens is 233 g/mol. The first-order valence-electron chi connectivity index (χ1n) is 4.28. The van der Waals surface area contributed by atoms with E-state index in [1.807, 2.05) is 6.92 Å². The summed E-state index contributed by atoms with van der Waals surface area (Å²) in [5, 5.41) is 8.85. The van der Waals surface area contributed by atoms with Gasteiger partial charge in [0.1, 0.15) is 0 Å². The largest absolute Gasteiger partial charge is 0.230 e. The van der Waals surface area contributed by atoms with E-state index in [0.717, 1.165) is 11.3 Å². The molecule has 1 aromatic carbocycles. The summed E-state index contributed by atoms with van der Waals surface area (Å²) in [7, 11) is 0. The molecule has 0 radical (unpaired) electrons. The summed E-state index contributed by atoms with van der Waals surface area (Å²) in [5.41, 5.74) is 1.57. The molecule has 0 unspecified atom stereocenters. The van der Waals surface area contributed by atoms with Crippen LogP contribution in [0.5, 0.6) is 0 Å². The zero-order valence-corrected chi connectivity index (χ0v) is 9.42. The first kappa shape index (κ1) is 10.3. The van der Waals surface area contributed by atoms with E-state index in [2.05, 4.69) is 15.2 Å². The Morgan fingerprint density at radius 2 is 1.73 bits per heavy atom. The third-order valence-corrected chi connectivity index (χ3v) is 2.24. The zero-order valence-electron chi connectivity index (χ0n) is 7.91. The van der Waals surface area contributed by atoms with Gasteiger partial charge in [-0.2, -0.15) is 5.10 Å². The van der Waals surface area contributed by atoms with Gasteiger partial charge in [-0.15, -0.1) is 5.10 Å². The Labute approximate surface area is 97.1 Å². The summed E-state index contributed by atoms with van der Waals surface area (Å²) in [5.74, 6) is 0.527. The molecule has 3 nitrogen and oxygen atoms in total. The molecule has 1 aromatic heterocycles. The van der Waals surface area contributed by atoms with Gasteiger partial charge in [-0.1, -0.05) is 23.2 Å². The van der Waals surface area contributed by atoms with E-state index in [4.69, 9.17) is 23.2 Å². The van der Waals surface area contributed by atoms with Gasteiger partial charge < -0.3 is 0 Å². The molecule has 0 aliphatic heterocycles. The van der Waals surface area contributed by atoms with Crippen molar-refractivity contribution in [2.24, 2.45) is 0 Å². The van der Waals surface area contributed by atoms with Crippen LogP contribution in [-0.4, -0.2) is 15.2 Å². The number of hydrogen-bond acceptors (Lipinski definition) is 3. The van der Waals surface area contributed by atoms with Crippen molar-refractivity contribution in [3.05, 3.63) is 40.1 Å². The molecule has 0 saturated heterocycles. The summed E-state index contributed by atoms with van der Waals surface area (Å²) in [6.45, 7) is 1.85. The van der Waals surface area contributed by atoms with Crippen molar-refractivity contribution in [1.29, 1.82) is 0 Å². The van der Waals surface area contributed by atoms with E-state index >= 15 is 0 Å². The summed E-state index contributed by atoms with van der Waals surface area (Å²) in [6, 6.07) is 5.17. The predicted molar refractivity (Wildman–Crippen MR) is 60.0 cm³/mol. The van der Waals surface area contributed by atoms with Crippen molar-refractivity contribution in [3.8, 4) is 11.4 Å². The van der Waals surface area contributed by atoms with Gasteiger partial charge in [0.2, 0.25) is 0 Å². The van der Waals surface area contributed by atoms with Crippen LogP contribution in [-0.2, 0) is 0 Å². The van der Waals surface area contributed by atoms with Gasteiger partial charge in [0.25, 0.3) is 0 Å². The Morgan fingerprint density at radius 3 is 2.33 bits per heavy atom. The smallest absolute Gasteiger partial charge is 0.182 e. The van der Waals surface area contributed by atoms with Crippen LogP contribution >= 0.6 is 23.2 Å². The molecule has 0 N–H and O–H groups in total. The first-order valence-corrected chi connectivity index (χ1v) is 5.03. The maximum Gasteiger partial charge on any atom is 0.182 e. The normalized spacial score (nSPS) is 10.3. The molecule has 2 rings (SSSR count). The van der Waals surface area contributed by atoms with Crippen molar-refractivity contribution in [2.45, 2.75) is 6.92 Å². The number of nitrogens with zero attached hydrogens (tertiary/aromatic N) is 3. The molecule has 1 heterocycles. The molecule has 15 heavy (non-hydrogen) atoms. The number of rotatable bonds is 1. The monoisotopic (exact) mass is 239 g/mol. The lowest BCUT2D eigenvalue weighted by Gasteiger charge is -2.01. The second kappa shape index (κ2) is 4.13. The maximum absolute atomic E-state index is 5.88. The van der Waals surface area contributed by atoms with Crippen LogP contribution in [0, 0.1) is 6.92 Å².